The van der Waals surface area contributed by atoms with Crippen LogP contribution in [0.4, 0.5) is 0 Å². The molecule has 0 aromatic carbocycles. The van der Waals surface area contributed by atoms with Crippen molar-refractivity contribution in [1.82, 2.24) is 0 Å². The number of carbonyl (C=O) groups is 4. The van der Waals surface area contributed by atoms with Crippen LogP contribution in [0.1, 0.15) is 19.3 Å². The second-order valence-corrected chi connectivity index (χ2v) is 5.06. The molecule has 104 valence electrons. The Balaban J connectivity index is 2.21. The zero-order chi connectivity index (χ0) is 14.2. The monoisotopic (exact) mass is 268 g/mol. The number of ketones is 2. The lowest BCUT2D eigenvalue weighted by atomic mass is 9.63. The number of carbonyl (C=O) groups excluding carboxylic acids is 4. The summed E-state index contributed by atoms with van der Waals surface area (Å²) in [5.74, 6) is -4.20. The predicted molar refractivity (Wildman–Crippen MR) is 61.9 cm³/mol. The van der Waals surface area contributed by atoms with E-state index >= 15 is 0 Å². The highest BCUT2D eigenvalue weighted by molar-refractivity contribution is 6.07. The Morgan fingerprint density at radius 3 is 1.53 bits per heavy atom. The smallest absolute Gasteiger partial charge is 0.316 e. The van der Waals surface area contributed by atoms with Crippen LogP contribution in [-0.2, 0) is 28.7 Å². The highest BCUT2D eigenvalue weighted by Gasteiger charge is 2.50. The fraction of sp³-hybridized carbons (Fsp3) is 0.692. The van der Waals surface area contributed by atoms with E-state index < -0.39 is 35.6 Å². The largest absolute Gasteiger partial charge is 0.468 e. The van der Waals surface area contributed by atoms with E-state index in [1.807, 2.05) is 0 Å². The summed E-state index contributed by atoms with van der Waals surface area (Å²) in [4.78, 5) is 47.4. The topological polar surface area (TPSA) is 86.7 Å². The second-order valence-electron chi connectivity index (χ2n) is 5.06. The summed E-state index contributed by atoms with van der Waals surface area (Å²) in [7, 11) is 2.44. The number of hydrogen-bond acceptors (Lipinski definition) is 6. The van der Waals surface area contributed by atoms with Crippen LogP contribution in [-0.4, -0.2) is 37.7 Å². The molecule has 2 aliphatic rings. The molecule has 0 saturated heterocycles. The summed E-state index contributed by atoms with van der Waals surface area (Å²) in [6.07, 6.45) is 0.724. The number of Topliss-reactive ketones (excluding diaryl/α,β-unsaturated/α-hetero) is 2. The van der Waals surface area contributed by atoms with Gasteiger partial charge in [-0.15, -0.1) is 0 Å². The minimum Gasteiger partial charge on any atom is -0.468 e. The molecule has 2 fully saturated rings. The first-order valence-corrected chi connectivity index (χ1v) is 6.22. The Morgan fingerprint density at radius 1 is 0.842 bits per heavy atom. The van der Waals surface area contributed by atoms with Crippen molar-refractivity contribution in [2.75, 3.05) is 14.2 Å². The molecule has 0 spiro atoms. The summed E-state index contributed by atoms with van der Waals surface area (Å²) >= 11 is 0. The van der Waals surface area contributed by atoms with E-state index in [1.54, 1.807) is 0 Å². The molecule has 0 N–H and O–H groups in total. The van der Waals surface area contributed by atoms with E-state index in [9.17, 15) is 19.2 Å². The lowest BCUT2D eigenvalue weighted by Gasteiger charge is -2.38. The predicted octanol–water partition coefficient (Wildman–Crippen LogP) is 0.133. The SMILES string of the molecule is COC(=O)[C@H]1C[C@@H]2C[C@H](C[C@@H](C(=O)OC)C2=O)C1=O. The van der Waals surface area contributed by atoms with Crippen molar-refractivity contribution in [2.45, 2.75) is 19.3 Å². The van der Waals surface area contributed by atoms with E-state index in [-0.39, 0.29) is 24.4 Å². The van der Waals surface area contributed by atoms with Crippen LogP contribution in [0, 0.1) is 23.7 Å². The average molecular weight is 268 g/mol. The summed E-state index contributed by atoms with van der Waals surface area (Å²) < 4.78 is 9.19. The Kier molecular flexibility index (Phi) is 3.68. The van der Waals surface area contributed by atoms with Gasteiger partial charge in [-0.05, 0) is 19.3 Å². The van der Waals surface area contributed by atoms with Crippen molar-refractivity contribution < 1.29 is 28.7 Å². The molecule has 19 heavy (non-hydrogen) atoms. The number of esters is 2. The third kappa shape index (κ3) is 2.27. The Labute approximate surface area is 110 Å². The van der Waals surface area contributed by atoms with Crippen molar-refractivity contribution >= 4 is 23.5 Å². The number of rotatable bonds is 2. The summed E-state index contributed by atoms with van der Waals surface area (Å²) in [6.45, 7) is 0. The molecule has 0 heterocycles. The minimum atomic E-state index is -0.865. The number of methoxy groups -OCH3 is 2. The van der Waals surface area contributed by atoms with Gasteiger partial charge in [-0.3, -0.25) is 19.2 Å². The molecule has 4 atom stereocenters. The summed E-state index contributed by atoms with van der Waals surface area (Å²) in [6, 6.07) is 0. The first-order chi connectivity index (χ1) is 8.99. The molecule has 0 unspecified atom stereocenters. The maximum Gasteiger partial charge on any atom is 0.316 e. The van der Waals surface area contributed by atoms with Crippen LogP contribution in [0.15, 0.2) is 0 Å². The van der Waals surface area contributed by atoms with Gasteiger partial charge in [-0.25, -0.2) is 0 Å². The normalized spacial score (nSPS) is 33.8. The molecule has 2 saturated carbocycles. The van der Waals surface area contributed by atoms with Gasteiger partial charge in [0.05, 0.1) is 14.2 Å². The van der Waals surface area contributed by atoms with Crippen LogP contribution < -0.4 is 0 Å². The molecular weight excluding hydrogens is 252 g/mol. The highest BCUT2D eigenvalue weighted by atomic mass is 16.5. The first-order valence-electron chi connectivity index (χ1n) is 6.22. The quantitative estimate of drug-likeness (QED) is 0.522. The van der Waals surface area contributed by atoms with E-state index in [0.717, 1.165) is 0 Å². The molecular formula is C13H16O6. The summed E-state index contributed by atoms with van der Waals surface area (Å²) in [5, 5.41) is 0. The van der Waals surface area contributed by atoms with Crippen molar-refractivity contribution in [3.05, 3.63) is 0 Å². The lowest BCUT2D eigenvalue weighted by Crippen LogP contribution is -2.48. The Bertz CT molecular complexity index is 400. The van der Waals surface area contributed by atoms with E-state index in [1.165, 1.54) is 14.2 Å². The van der Waals surface area contributed by atoms with Gasteiger partial charge in [0, 0.05) is 11.8 Å². The van der Waals surface area contributed by atoms with E-state index in [0.29, 0.717) is 6.42 Å². The van der Waals surface area contributed by atoms with Crippen LogP contribution in [0.2, 0.25) is 0 Å². The molecule has 0 amide bonds. The number of ether oxygens (including phenoxy) is 2. The van der Waals surface area contributed by atoms with Gasteiger partial charge < -0.3 is 9.47 Å². The Morgan fingerprint density at radius 2 is 1.21 bits per heavy atom. The molecule has 0 aliphatic heterocycles. The van der Waals surface area contributed by atoms with Gasteiger partial charge in [0.1, 0.15) is 23.4 Å². The van der Waals surface area contributed by atoms with E-state index in [4.69, 9.17) is 0 Å². The lowest BCUT2D eigenvalue weighted by molar-refractivity contribution is -0.160. The van der Waals surface area contributed by atoms with Gasteiger partial charge >= 0.3 is 11.9 Å². The molecule has 2 aliphatic carbocycles. The zero-order valence-electron chi connectivity index (χ0n) is 10.9. The third-order valence-corrected chi connectivity index (χ3v) is 4.07. The highest BCUT2D eigenvalue weighted by Crippen LogP contribution is 2.41. The average Bonchev–Trinajstić information content (AvgIpc) is 2.43. The standard InChI is InChI=1S/C13H16O6/c1-18-12(16)8-4-6-3-7(10(8)14)5-9(11(6)15)13(17)19-2/h6-9H,3-5H2,1-2H3/t6-,7+,8-,9+. The van der Waals surface area contributed by atoms with Gasteiger partial charge in [0.15, 0.2) is 0 Å². The molecule has 6 nitrogen and oxygen atoms in total. The van der Waals surface area contributed by atoms with Gasteiger partial charge in [-0.1, -0.05) is 0 Å². The van der Waals surface area contributed by atoms with Crippen molar-refractivity contribution in [2.24, 2.45) is 23.7 Å². The number of hydrogen-bond donors (Lipinski definition) is 0. The first kappa shape index (κ1) is 13.7. The molecule has 2 bridgehead atoms. The zero-order valence-corrected chi connectivity index (χ0v) is 10.9. The molecule has 0 radical (unpaired) electrons. The van der Waals surface area contributed by atoms with Crippen LogP contribution in [0.3, 0.4) is 0 Å². The van der Waals surface area contributed by atoms with Gasteiger partial charge in [0.2, 0.25) is 0 Å². The third-order valence-electron chi connectivity index (χ3n) is 4.07. The van der Waals surface area contributed by atoms with Crippen molar-refractivity contribution in [1.29, 1.82) is 0 Å². The summed E-state index contributed by atoms with van der Waals surface area (Å²) in [5.41, 5.74) is 0. The second kappa shape index (κ2) is 5.11. The van der Waals surface area contributed by atoms with E-state index in [2.05, 4.69) is 9.47 Å². The van der Waals surface area contributed by atoms with Crippen LogP contribution in [0.25, 0.3) is 0 Å². The van der Waals surface area contributed by atoms with Crippen molar-refractivity contribution in [3.8, 4) is 0 Å². The van der Waals surface area contributed by atoms with Gasteiger partial charge in [0.25, 0.3) is 0 Å². The molecule has 6 heteroatoms. The fourth-order valence-electron chi connectivity index (χ4n) is 3.08. The van der Waals surface area contributed by atoms with Gasteiger partial charge in [-0.2, -0.15) is 0 Å². The van der Waals surface area contributed by atoms with Crippen molar-refractivity contribution in [3.63, 3.8) is 0 Å². The molecule has 2 rings (SSSR count). The maximum atomic E-state index is 12.1. The minimum absolute atomic E-state index is 0.147. The fourth-order valence-corrected chi connectivity index (χ4v) is 3.08. The molecule has 0 aromatic heterocycles. The molecule has 0 aromatic rings. The van der Waals surface area contributed by atoms with Crippen LogP contribution >= 0.6 is 0 Å². The number of fused-ring (bicyclic) bond motifs is 2. The maximum absolute atomic E-state index is 12.1. The van der Waals surface area contributed by atoms with Crippen LogP contribution in [0.5, 0.6) is 0 Å². The Hall–Kier alpha value is -1.72.